The van der Waals surface area contributed by atoms with Gasteiger partial charge in [-0.2, -0.15) is 0 Å². The van der Waals surface area contributed by atoms with E-state index in [1.165, 1.54) is 4.88 Å². The predicted molar refractivity (Wildman–Crippen MR) is 115 cm³/mol. The van der Waals surface area contributed by atoms with Crippen LogP contribution in [0.4, 0.5) is 4.79 Å². The lowest BCUT2D eigenvalue weighted by molar-refractivity contribution is 0.203. The number of benzene rings is 1. The third-order valence-electron chi connectivity index (χ3n) is 5.61. The molecule has 0 saturated heterocycles. The van der Waals surface area contributed by atoms with E-state index < -0.39 is 6.10 Å². The van der Waals surface area contributed by atoms with Gasteiger partial charge in [-0.05, 0) is 49.6 Å². The van der Waals surface area contributed by atoms with Crippen LogP contribution in [0.1, 0.15) is 54.0 Å². The fourth-order valence-electron chi connectivity index (χ4n) is 3.91. The summed E-state index contributed by atoms with van der Waals surface area (Å²) < 4.78 is 10.6. The van der Waals surface area contributed by atoms with Gasteiger partial charge in [-0.1, -0.05) is 18.9 Å². The van der Waals surface area contributed by atoms with E-state index in [-0.39, 0.29) is 11.4 Å². The van der Waals surface area contributed by atoms with E-state index in [4.69, 9.17) is 9.47 Å². The molecule has 1 fully saturated rings. The van der Waals surface area contributed by atoms with Crippen LogP contribution in [0.2, 0.25) is 0 Å². The van der Waals surface area contributed by atoms with Crippen LogP contribution in [0.15, 0.2) is 30.3 Å². The van der Waals surface area contributed by atoms with Gasteiger partial charge in [0.1, 0.15) is 0 Å². The first-order valence-electron chi connectivity index (χ1n) is 9.98. The third kappa shape index (κ3) is 5.03. The molecule has 1 atom stereocenters. The molecule has 0 bridgehead atoms. The van der Waals surface area contributed by atoms with E-state index >= 15 is 0 Å². The molecule has 0 radical (unpaired) electrons. The maximum absolute atomic E-state index is 12.4. The number of carbonyl (C=O) groups is 1. The molecule has 1 aromatic heterocycles. The predicted octanol–water partition coefficient (Wildman–Crippen LogP) is 4.13. The number of hydrogen-bond acceptors (Lipinski definition) is 5. The van der Waals surface area contributed by atoms with Crippen LogP contribution in [-0.4, -0.2) is 31.9 Å². The minimum absolute atomic E-state index is 0.0293. The van der Waals surface area contributed by atoms with Gasteiger partial charge in [-0.15, -0.1) is 11.3 Å². The van der Waals surface area contributed by atoms with E-state index in [1.54, 1.807) is 32.5 Å². The highest BCUT2D eigenvalue weighted by molar-refractivity contribution is 7.12. The Balaban J connectivity index is 1.58. The minimum atomic E-state index is -0.454. The minimum Gasteiger partial charge on any atom is -0.493 e. The van der Waals surface area contributed by atoms with Crippen molar-refractivity contribution in [3.05, 3.63) is 45.6 Å². The molecule has 1 aliphatic carbocycles. The largest absolute Gasteiger partial charge is 0.493 e. The van der Waals surface area contributed by atoms with Crippen LogP contribution in [-0.2, 0) is 12.0 Å². The lowest BCUT2D eigenvalue weighted by Gasteiger charge is -2.28. The van der Waals surface area contributed by atoms with Gasteiger partial charge in [0.05, 0.1) is 20.3 Å². The average Bonchev–Trinajstić information content (AvgIpc) is 3.41. The van der Waals surface area contributed by atoms with Crippen LogP contribution < -0.4 is 20.1 Å². The standard InChI is InChI=1S/C22H30N2O4S/c1-15(25)19-8-9-20(29-19)22(10-4-5-11-22)14-24-21(26)23-13-16-6-7-17(27-2)18(12-16)28-3/h6-9,12,15,25H,4-5,10-11,13-14H2,1-3H3,(H2,23,24,26). The van der Waals surface area contributed by atoms with Crippen molar-refractivity contribution in [1.29, 1.82) is 0 Å². The van der Waals surface area contributed by atoms with Gasteiger partial charge in [0.2, 0.25) is 0 Å². The topological polar surface area (TPSA) is 79.8 Å². The summed E-state index contributed by atoms with van der Waals surface area (Å²) in [6.07, 6.45) is 3.99. The Morgan fingerprint density at radius 1 is 1.14 bits per heavy atom. The molecular formula is C22H30N2O4S. The Hall–Kier alpha value is -2.25. The van der Waals surface area contributed by atoms with Crippen LogP contribution in [0.5, 0.6) is 11.5 Å². The number of methoxy groups -OCH3 is 2. The summed E-state index contributed by atoms with van der Waals surface area (Å²) in [6.45, 7) is 2.80. The van der Waals surface area contributed by atoms with Crippen molar-refractivity contribution in [2.75, 3.05) is 20.8 Å². The summed E-state index contributed by atoms with van der Waals surface area (Å²) >= 11 is 1.66. The van der Waals surface area contributed by atoms with Crippen LogP contribution in [0, 0.1) is 0 Å². The van der Waals surface area contributed by atoms with Gasteiger partial charge in [0.25, 0.3) is 0 Å². The molecule has 3 rings (SSSR count). The monoisotopic (exact) mass is 418 g/mol. The number of amides is 2. The Kier molecular flexibility index (Phi) is 7.03. The Labute approximate surface area is 176 Å². The molecule has 158 valence electrons. The Morgan fingerprint density at radius 2 is 1.86 bits per heavy atom. The molecule has 1 aliphatic rings. The van der Waals surface area contributed by atoms with Crippen LogP contribution in [0.25, 0.3) is 0 Å². The van der Waals surface area contributed by atoms with Gasteiger partial charge in [0, 0.05) is 28.3 Å². The molecular weight excluding hydrogens is 388 g/mol. The molecule has 29 heavy (non-hydrogen) atoms. The fraction of sp³-hybridized carbons (Fsp3) is 0.500. The molecule has 0 aliphatic heterocycles. The number of carbonyl (C=O) groups excluding carboxylic acids is 1. The summed E-state index contributed by atoms with van der Waals surface area (Å²) in [7, 11) is 3.19. The SMILES string of the molecule is COc1ccc(CNC(=O)NCC2(c3ccc(C(C)O)s3)CCCC2)cc1OC. The molecule has 1 aromatic carbocycles. The smallest absolute Gasteiger partial charge is 0.315 e. The third-order valence-corrected chi connectivity index (χ3v) is 7.11. The number of aliphatic hydroxyl groups excluding tert-OH is 1. The van der Waals surface area contributed by atoms with E-state index in [2.05, 4.69) is 16.7 Å². The van der Waals surface area contributed by atoms with Gasteiger partial charge < -0.3 is 25.2 Å². The first-order chi connectivity index (χ1) is 14.0. The molecule has 7 heteroatoms. The van der Waals surface area contributed by atoms with Crippen molar-refractivity contribution in [2.45, 2.75) is 50.7 Å². The number of ether oxygens (including phenoxy) is 2. The normalized spacial score (nSPS) is 16.3. The molecule has 2 aromatic rings. The summed E-state index contributed by atoms with van der Waals surface area (Å²) in [4.78, 5) is 14.7. The van der Waals surface area contributed by atoms with Crippen molar-refractivity contribution in [1.82, 2.24) is 10.6 Å². The number of thiophene rings is 1. The van der Waals surface area contributed by atoms with E-state index in [9.17, 15) is 9.90 Å². The van der Waals surface area contributed by atoms with Crippen LogP contribution >= 0.6 is 11.3 Å². The molecule has 1 unspecified atom stereocenters. The van der Waals surface area contributed by atoms with E-state index in [0.717, 1.165) is 36.1 Å². The quantitative estimate of drug-likeness (QED) is 0.602. The Bertz CT molecular complexity index is 828. The van der Waals surface area contributed by atoms with Gasteiger partial charge in [-0.3, -0.25) is 0 Å². The molecule has 1 heterocycles. The van der Waals surface area contributed by atoms with Crippen molar-refractivity contribution < 1.29 is 19.4 Å². The van der Waals surface area contributed by atoms with Crippen LogP contribution in [0.3, 0.4) is 0 Å². The van der Waals surface area contributed by atoms with E-state index in [0.29, 0.717) is 24.6 Å². The average molecular weight is 419 g/mol. The second kappa shape index (κ2) is 9.50. The summed E-state index contributed by atoms with van der Waals surface area (Å²) in [5, 5.41) is 15.8. The maximum atomic E-state index is 12.4. The molecule has 3 N–H and O–H groups in total. The number of hydrogen-bond donors (Lipinski definition) is 3. The van der Waals surface area contributed by atoms with Crippen molar-refractivity contribution in [3.8, 4) is 11.5 Å². The second-order valence-corrected chi connectivity index (χ2v) is 8.71. The van der Waals surface area contributed by atoms with Crippen molar-refractivity contribution >= 4 is 17.4 Å². The molecule has 2 amide bonds. The number of urea groups is 1. The van der Waals surface area contributed by atoms with Gasteiger partial charge in [0.15, 0.2) is 11.5 Å². The zero-order valence-corrected chi connectivity index (χ0v) is 18.1. The maximum Gasteiger partial charge on any atom is 0.315 e. The summed E-state index contributed by atoms with van der Waals surface area (Å²) in [5.41, 5.74) is 0.909. The fourth-order valence-corrected chi connectivity index (χ4v) is 5.10. The Morgan fingerprint density at radius 3 is 2.48 bits per heavy atom. The zero-order valence-electron chi connectivity index (χ0n) is 17.3. The number of rotatable bonds is 8. The molecule has 6 nitrogen and oxygen atoms in total. The lowest BCUT2D eigenvalue weighted by atomic mass is 9.84. The second-order valence-electron chi connectivity index (χ2n) is 7.59. The summed E-state index contributed by atoms with van der Waals surface area (Å²) in [5.74, 6) is 1.31. The lowest BCUT2D eigenvalue weighted by Crippen LogP contribution is -2.43. The van der Waals surface area contributed by atoms with Crippen molar-refractivity contribution in [3.63, 3.8) is 0 Å². The highest BCUT2D eigenvalue weighted by Crippen LogP contribution is 2.44. The van der Waals surface area contributed by atoms with Gasteiger partial charge >= 0.3 is 6.03 Å². The number of aliphatic hydroxyl groups is 1. The van der Waals surface area contributed by atoms with Crippen molar-refractivity contribution in [2.24, 2.45) is 0 Å². The highest BCUT2D eigenvalue weighted by atomic mass is 32.1. The molecule has 0 spiro atoms. The zero-order chi connectivity index (χ0) is 20.9. The summed E-state index contributed by atoms with van der Waals surface area (Å²) in [6, 6.07) is 9.53. The van der Waals surface area contributed by atoms with Gasteiger partial charge in [-0.25, -0.2) is 4.79 Å². The van der Waals surface area contributed by atoms with E-state index in [1.807, 2.05) is 24.3 Å². The first kappa shape index (κ1) is 21.5. The molecule has 1 saturated carbocycles. The first-order valence-corrected chi connectivity index (χ1v) is 10.8. The highest BCUT2D eigenvalue weighted by Gasteiger charge is 2.37. The number of nitrogens with one attached hydrogen (secondary N) is 2.